The van der Waals surface area contributed by atoms with Crippen molar-refractivity contribution < 1.29 is 23.8 Å². The van der Waals surface area contributed by atoms with Crippen LogP contribution in [0.25, 0.3) is 5.76 Å². The fraction of sp³-hybridized carbons (Fsp3) is 0.310. The zero-order valence-corrected chi connectivity index (χ0v) is 21.0. The van der Waals surface area contributed by atoms with Crippen LogP contribution in [0.4, 0.5) is 5.69 Å². The lowest BCUT2D eigenvalue weighted by atomic mass is 9.95. The number of carbonyl (C=O) groups is 2. The molecule has 0 aliphatic carbocycles. The topological polar surface area (TPSA) is 80.0 Å². The maximum atomic E-state index is 13.4. The number of amides is 1. The molecule has 6 nitrogen and oxygen atoms in total. The number of Topliss-reactive ketones (excluding diaryl/α,β-unsaturated/α-hetero) is 1. The Balaban J connectivity index is 1.92. The molecule has 4 rings (SSSR count). The van der Waals surface area contributed by atoms with Gasteiger partial charge >= 0.3 is 0 Å². The summed E-state index contributed by atoms with van der Waals surface area (Å²) in [7, 11) is 0. The predicted octanol–water partition coefficient (Wildman–Crippen LogP) is 6.35. The molecule has 2 heterocycles. The summed E-state index contributed by atoms with van der Waals surface area (Å²) in [5.41, 5.74) is 4.00. The number of furan rings is 1. The van der Waals surface area contributed by atoms with Gasteiger partial charge in [0.25, 0.3) is 11.7 Å². The van der Waals surface area contributed by atoms with E-state index < -0.39 is 17.7 Å². The van der Waals surface area contributed by atoms with Crippen LogP contribution in [0.1, 0.15) is 66.5 Å². The Kier molecular flexibility index (Phi) is 6.57. The summed E-state index contributed by atoms with van der Waals surface area (Å²) in [4.78, 5) is 28.1. The molecular weight excluding hydrogens is 442 g/mol. The molecule has 35 heavy (non-hydrogen) atoms. The minimum Gasteiger partial charge on any atom is -0.507 e. The van der Waals surface area contributed by atoms with E-state index in [1.165, 1.54) is 4.90 Å². The summed E-state index contributed by atoms with van der Waals surface area (Å²) >= 11 is 0. The monoisotopic (exact) mass is 473 g/mol. The van der Waals surface area contributed by atoms with Gasteiger partial charge in [-0.15, -0.1) is 0 Å². The highest BCUT2D eigenvalue weighted by Crippen LogP contribution is 2.43. The Hall–Kier alpha value is -3.80. The third-order valence-electron chi connectivity index (χ3n) is 6.45. The highest BCUT2D eigenvalue weighted by molar-refractivity contribution is 6.51. The summed E-state index contributed by atoms with van der Waals surface area (Å²) < 4.78 is 11.6. The molecule has 1 amide bonds. The van der Waals surface area contributed by atoms with Crippen molar-refractivity contribution >= 4 is 23.1 Å². The molecule has 1 aromatic heterocycles. The number of aliphatic hydroxyl groups is 1. The summed E-state index contributed by atoms with van der Waals surface area (Å²) in [5.74, 6) is 0.228. The molecule has 1 aliphatic heterocycles. The average Bonchev–Trinajstić information content (AvgIpc) is 3.36. The molecule has 1 fully saturated rings. The lowest BCUT2D eigenvalue weighted by Gasteiger charge is -2.24. The number of aliphatic hydroxyl groups excluding tert-OH is 1. The highest BCUT2D eigenvalue weighted by atomic mass is 16.5. The van der Waals surface area contributed by atoms with Gasteiger partial charge < -0.3 is 14.3 Å². The second kappa shape index (κ2) is 9.45. The molecule has 2 aromatic carbocycles. The molecule has 1 unspecified atom stereocenters. The number of hydrogen-bond donors (Lipinski definition) is 1. The number of carbonyl (C=O) groups excluding carboxylic acids is 2. The van der Waals surface area contributed by atoms with E-state index in [1.807, 2.05) is 58.9 Å². The Morgan fingerprint density at radius 3 is 2.37 bits per heavy atom. The SMILES string of the molecule is CCOc1ccc(/C(O)=C2/C(=O)C(=O)N(c3ccc(C)c(C)c3)C2c2ccc(C)o2)cc1C(C)C. The van der Waals surface area contributed by atoms with E-state index in [4.69, 9.17) is 9.15 Å². The van der Waals surface area contributed by atoms with Crippen molar-refractivity contribution in [2.24, 2.45) is 0 Å². The molecule has 1 atom stereocenters. The molecule has 0 spiro atoms. The van der Waals surface area contributed by atoms with Crippen LogP contribution in [0.5, 0.6) is 5.75 Å². The first kappa shape index (κ1) is 24.3. The number of benzene rings is 2. The molecule has 1 aliphatic rings. The first-order valence-corrected chi connectivity index (χ1v) is 11.9. The van der Waals surface area contributed by atoms with Crippen LogP contribution in [0.3, 0.4) is 0 Å². The average molecular weight is 474 g/mol. The van der Waals surface area contributed by atoms with Gasteiger partial charge in [-0.3, -0.25) is 14.5 Å². The molecule has 1 saturated heterocycles. The van der Waals surface area contributed by atoms with Gasteiger partial charge in [0.15, 0.2) is 0 Å². The minimum atomic E-state index is -0.889. The van der Waals surface area contributed by atoms with Crippen LogP contribution < -0.4 is 9.64 Å². The van der Waals surface area contributed by atoms with Crippen LogP contribution in [-0.4, -0.2) is 23.4 Å². The normalized spacial score (nSPS) is 17.5. The first-order chi connectivity index (χ1) is 16.6. The summed E-state index contributed by atoms with van der Waals surface area (Å²) in [6.45, 7) is 12.2. The van der Waals surface area contributed by atoms with Gasteiger partial charge in [0.2, 0.25) is 0 Å². The van der Waals surface area contributed by atoms with Crippen molar-refractivity contribution in [3.8, 4) is 5.75 Å². The lowest BCUT2D eigenvalue weighted by Crippen LogP contribution is -2.29. The van der Waals surface area contributed by atoms with E-state index in [2.05, 4.69) is 0 Å². The van der Waals surface area contributed by atoms with Gasteiger partial charge in [-0.1, -0.05) is 19.9 Å². The van der Waals surface area contributed by atoms with Crippen LogP contribution in [0, 0.1) is 20.8 Å². The van der Waals surface area contributed by atoms with Gasteiger partial charge in [-0.25, -0.2) is 0 Å². The molecule has 0 bridgehead atoms. The van der Waals surface area contributed by atoms with E-state index in [9.17, 15) is 14.7 Å². The Labute approximate surface area is 205 Å². The van der Waals surface area contributed by atoms with Gasteiger partial charge in [0.1, 0.15) is 29.1 Å². The van der Waals surface area contributed by atoms with Crippen molar-refractivity contribution in [3.05, 3.63) is 87.9 Å². The van der Waals surface area contributed by atoms with Gasteiger partial charge in [-0.2, -0.15) is 0 Å². The van der Waals surface area contributed by atoms with Crippen LogP contribution in [-0.2, 0) is 9.59 Å². The maximum absolute atomic E-state index is 13.4. The molecule has 0 saturated carbocycles. The van der Waals surface area contributed by atoms with Crippen LogP contribution >= 0.6 is 0 Å². The van der Waals surface area contributed by atoms with E-state index in [-0.39, 0.29) is 17.3 Å². The first-order valence-electron chi connectivity index (χ1n) is 11.9. The predicted molar refractivity (Wildman–Crippen MR) is 136 cm³/mol. The Morgan fingerprint density at radius 1 is 1.03 bits per heavy atom. The molecule has 1 N–H and O–H groups in total. The number of nitrogens with zero attached hydrogens (tertiary/aromatic N) is 1. The van der Waals surface area contributed by atoms with Gasteiger partial charge in [0.05, 0.1) is 12.2 Å². The number of rotatable bonds is 6. The smallest absolute Gasteiger partial charge is 0.300 e. The van der Waals surface area contributed by atoms with Crippen molar-refractivity contribution in [1.82, 2.24) is 0 Å². The largest absolute Gasteiger partial charge is 0.507 e. The zero-order chi connectivity index (χ0) is 25.4. The Morgan fingerprint density at radius 2 is 1.77 bits per heavy atom. The van der Waals surface area contributed by atoms with E-state index in [1.54, 1.807) is 31.2 Å². The maximum Gasteiger partial charge on any atom is 0.300 e. The fourth-order valence-corrected chi connectivity index (χ4v) is 4.43. The number of ketones is 1. The number of anilines is 1. The van der Waals surface area contributed by atoms with Crippen molar-refractivity contribution in [2.45, 2.75) is 53.5 Å². The summed E-state index contributed by atoms with van der Waals surface area (Å²) in [6, 6.07) is 13.5. The molecule has 0 radical (unpaired) electrons. The number of ether oxygens (including phenoxy) is 1. The van der Waals surface area contributed by atoms with Gasteiger partial charge in [-0.05, 0) is 92.8 Å². The van der Waals surface area contributed by atoms with Crippen LogP contribution in [0.2, 0.25) is 0 Å². The van der Waals surface area contributed by atoms with E-state index in [0.29, 0.717) is 29.4 Å². The summed E-state index contributed by atoms with van der Waals surface area (Å²) in [6.07, 6.45) is 0. The highest BCUT2D eigenvalue weighted by Gasteiger charge is 2.48. The molecular formula is C29H31NO5. The fourth-order valence-electron chi connectivity index (χ4n) is 4.43. The van der Waals surface area contributed by atoms with Crippen molar-refractivity contribution in [1.29, 1.82) is 0 Å². The van der Waals surface area contributed by atoms with Crippen molar-refractivity contribution in [2.75, 3.05) is 11.5 Å². The zero-order valence-electron chi connectivity index (χ0n) is 21.0. The van der Waals surface area contributed by atoms with E-state index >= 15 is 0 Å². The summed E-state index contributed by atoms with van der Waals surface area (Å²) in [5, 5.41) is 11.4. The van der Waals surface area contributed by atoms with E-state index in [0.717, 1.165) is 22.4 Å². The standard InChI is InChI=1S/C29H31NO5/c1-7-34-23-13-10-20(15-22(23)16(2)3)27(31)25-26(24-12-9-19(6)35-24)30(29(33)28(25)32)21-11-8-17(4)18(5)14-21/h8-16,26,31H,7H2,1-6H3/b27-25-. The molecule has 6 heteroatoms. The molecule has 182 valence electrons. The Bertz CT molecular complexity index is 1330. The van der Waals surface area contributed by atoms with Crippen LogP contribution in [0.15, 0.2) is 58.5 Å². The molecule has 3 aromatic rings. The van der Waals surface area contributed by atoms with Crippen molar-refractivity contribution in [3.63, 3.8) is 0 Å². The quantitative estimate of drug-likeness (QED) is 0.256. The minimum absolute atomic E-state index is 0.00134. The third kappa shape index (κ3) is 4.36. The lowest BCUT2D eigenvalue weighted by molar-refractivity contribution is -0.132. The second-order valence-corrected chi connectivity index (χ2v) is 9.23. The number of aryl methyl sites for hydroxylation is 3. The second-order valence-electron chi connectivity index (χ2n) is 9.23. The third-order valence-corrected chi connectivity index (χ3v) is 6.45. The number of hydrogen-bond acceptors (Lipinski definition) is 5. The van der Waals surface area contributed by atoms with Gasteiger partial charge in [0, 0.05) is 11.3 Å².